The first kappa shape index (κ1) is 16.8. The zero-order valence-electron chi connectivity index (χ0n) is 12.1. The molecule has 0 amide bonds. The standard InChI is InChI=1S/C15H18BrNO2S2/c1-9-7-13(18)11(8-12(9)16)14(19)10(2)21-15(20)17-5-3-4-6-17/h7-8,10,18H,3-6H2,1-2H3/t10-/m0/s1. The Morgan fingerprint density at radius 3 is 2.67 bits per heavy atom. The maximum absolute atomic E-state index is 12.5. The van der Waals surface area contributed by atoms with E-state index in [-0.39, 0.29) is 16.8 Å². The van der Waals surface area contributed by atoms with Crippen molar-refractivity contribution in [3.63, 3.8) is 0 Å². The van der Waals surface area contributed by atoms with Crippen LogP contribution >= 0.6 is 39.9 Å². The smallest absolute Gasteiger partial charge is 0.179 e. The Morgan fingerprint density at radius 2 is 2.05 bits per heavy atom. The van der Waals surface area contributed by atoms with Crippen molar-refractivity contribution in [2.24, 2.45) is 0 Å². The largest absolute Gasteiger partial charge is 0.507 e. The van der Waals surface area contributed by atoms with E-state index in [1.54, 1.807) is 12.1 Å². The monoisotopic (exact) mass is 387 g/mol. The number of carbonyl (C=O) groups excluding carboxylic acids is 1. The van der Waals surface area contributed by atoms with Crippen LogP contribution in [0, 0.1) is 6.92 Å². The van der Waals surface area contributed by atoms with Gasteiger partial charge in [0.1, 0.15) is 10.1 Å². The lowest BCUT2D eigenvalue weighted by molar-refractivity contribution is 0.0991. The topological polar surface area (TPSA) is 40.5 Å². The lowest BCUT2D eigenvalue weighted by atomic mass is 10.1. The molecular formula is C15H18BrNO2S2. The molecule has 1 heterocycles. The van der Waals surface area contributed by atoms with Gasteiger partial charge in [0.15, 0.2) is 5.78 Å². The first-order valence-corrected chi connectivity index (χ1v) is 8.97. The van der Waals surface area contributed by atoms with E-state index in [1.807, 2.05) is 13.8 Å². The minimum Gasteiger partial charge on any atom is -0.507 e. The van der Waals surface area contributed by atoms with Crippen molar-refractivity contribution in [3.05, 3.63) is 27.7 Å². The predicted octanol–water partition coefficient (Wildman–Crippen LogP) is 4.15. The minimum atomic E-state index is -0.307. The van der Waals surface area contributed by atoms with E-state index in [2.05, 4.69) is 20.8 Å². The third kappa shape index (κ3) is 3.99. The van der Waals surface area contributed by atoms with Crippen LogP contribution in [0.4, 0.5) is 0 Å². The van der Waals surface area contributed by atoms with Crippen LogP contribution in [0.15, 0.2) is 16.6 Å². The fraction of sp³-hybridized carbons (Fsp3) is 0.467. The number of phenolic OH excluding ortho intramolecular Hbond substituents is 1. The molecule has 3 nitrogen and oxygen atoms in total. The number of nitrogens with zero attached hydrogens (tertiary/aromatic N) is 1. The van der Waals surface area contributed by atoms with Gasteiger partial charge >= 0.3 is 0 Å². The van der Waals surface area contributed by atoms with E-state index in [4.69, 9.17) is 12.2 Å². The Bertz CT molecular complexity index is 571. The number of aryl methyl sites for hydroxylation is 1. The van der Waals surface area contributed by atoms with Crippen LogP contribution in [0.3, 0.4) is 0 Å². The number of phenols is 1. The molecule has 0 unspecified atom stereocenters. The summed E-state index contributed by atoms with van der Waals surface area (Å²) in [5.74, 6) is -0.0695. The number of hydrogen-bond acceptors (Lipinski definition) is 4. The summed E-state index contributed by atoms with van der Waals surface area (Å²) in [4.78, 5) is 14.6. The van der Waals surface area contributed by atoms with Crippen molar-refractivity contribution in [1.29, 1.82) is 0 Å². The molecule has 1 aromatic rings. The zero-order valence-corrected chi connectivity index (χ0v) is 15.3. The minimum absolute atomic E-state index is 0.0280. The van der Waals surface area contributed by atoms with Crippen LogP contribution in [0.5, 0.6) is 5.75 Å². The van der Waals surface area contributed by atoms with Crippen molar-refractivity contribution >= 4 is 50.0 Å². The molecule has 0 saturated carbocycles. The number of halogens is 1. The van der Waals surface area contributed by atoms with Gasteiger partial charge in [-0.3, -0.25) is 4.79 Å². The van der Waals surface area contributed by atoms with E-state index < -0.39 is 0 Å². The molecule has 21 heavy (non-hydrogen) atoms. The molecule has 1 fully saturated rings. The zero-order chi connectivity index (χ0) is 15.6. The molecule has 1 aromatic carbocycles. The summed E-state index contributed by atoms with van der Waals surface area (Å²) in [5, 5.41) is 9.68. The molecule has 1 N–H and O–H groups in total. The molecule has 1 aliphatic rings. The van der Waals surface area contributed by atoms with Crippen molar-refractivity contribution in [3.8, 4) is 5.75 Å². The number of thiocarbonyl (C=S) groups is 1. The molecule has 0 spiro atoms. The third-order valence-corrected chi connectivity index (χ3v) is 5.98. The summed E-state index contributed by atoms with van der Waals surface area (Å²) in [6.45, 7) is 5.67. The van der Waals surface area contributed by atoms with E-state index in [0.717, 1.165) is 40.3 Å². The summed E-state index contributed by atoms with van der Waals surface area (Å²) in [5.41, 5.74) is 1.24. The number of Topliss-reactive ketones (excluding diaryl/α,β-unsaturated/α-hetero) is 1. The third-order valence-electron chi connectivity index (χ3n) is 3.55. The highest BCUT2D eigenvalue weighted by molar-refractivity contribution is 9.10. The maximum Gasteiger partial charge on any atom is 0.179 e. The average molecular weight is 388 g/mol. The molecule has 0 aliphatic carbocycles. The number of carbonyl (C=O) groups is 1. The number of benzene rings is 1. The molecule has 1 saturated heterocycles. The van der Waals surface area contributed by atoms with Gasteiger partial charge < -0.3 is 10.0 Å². The second kappa shape index (κ2) is 7.11. The van der Waals surface area contributed by atoms with Gasteiger partial charge in [-0.2, -0.15) is 0 Å². The second-order valence-electron chi connectivity index (χ2n) is 5.20. The van der Waals surface area contributed by atoms with Crippen LogP contribution in [-0.2, 0) is 0 Å². The molecule has 1 atom stereocenters. The van der Waals surface area contributed by atoms with Crippen LogP contribution < -0.4 is 0 Å². The predicted molar refractivity (Wildman–Crippen MR) is 95.3 cm³/mol. The highest BCUT2D eigenvalue weighted by atomic mass is 79.9. The van der Waals surface area contributed by atoms with Gasteiger partial charge in [0.25, 0.3) is 0 Å². The maximum atomic E-state index is 12.5. The lowest BCUT2D eigenvalue weighted by Gasteiger charge is -2.20. The molecule has 114 valence electrons. The van der Waals surface area contributed by atoms with Gasteiger partial charge in [-0.15, -0.1) is 0 Å². The quantitative estimate of drug-likeness (QED) is 0.622. The Labute approximate surface area is 143 Å². The summed E-state index contributed by atoms with van der Waals surface area (Å²) in [7, 11) is 0. The second-order valence-corrected chi connectivity index (χ2v) is 8.03. The Morgan fingerprint density at radius 1 is 1.43 bits per heavy atom. The number of aromatic hydroxyl groups is 1. The highest BCUT2D eigenvalue weighted by Crippen LogP contribution is 2.30. The highest BCUT2D eigenvalue weighted by Gasteiger charge is 2.24. The van der Waals surface area contributed by atoms with E-state index in [1.165, 1.54) is 11.8 Å². The van der Waals surface area contributed by atoms with Crippen LogP contribution in [-0.4, -0.2) is 38.4 Å². The van der Waals surface area contributed by atoms with Gasteiger partial charge in [0.05, 0.1) is 10.8 Å². The van der Waals surface area contributed by atoms with Crippen LogP contribution in [0.2, 0.25) is 0 Å². The first-order chi connectivity index (χ1) is 9.90. The fourth-order valence-electron chi connectivity index (χ4n) is 2.26. The van der Waals surface area contributed by atoms with Gasteiger partial charge in [0.2, 0.25) is 0 Å². The Kier molecular flexibility index (Phi) is 5.68. The van der Waals surface area contributed by atoms with Gasteiger partial charge in [-0.25, -0.2) is 0 Å². The molecule has 6 heteroatoms. The van der Waals surface area contributed by atoms with E-state index in [0.29, 0.717) is 5.56 Å². The molecule has 2 rings (SSSR count). The van der Waals surface area contributed by atoms with Gasteiger partial charge in [-0.05, 0) is 44.4 Å². The number of ketones is 1. The van der Waals surface area contributed by atoms with Crippen LogP contribution in [0.1, 0.15) is 35.7 Å². The average Bonchev–Trinajstić information content (AvgIpc) is 2.96. The Hall–Kier alpha value is -0.590. The number of hydrogen-bond donors (Lipinski definition) is 1. The number of rotatable bonds is 3. The van der Waals surface area contributed by atoms with Crippen molar-refractivity contribution in [1.82, 2.24) is 4.90 Å². The lowest BCUT2D eigenvalue weighted by Crippen LogP contribution is -2.27. The van der Waals surface area contributed by atoms with Crippen LogP contribution in [0.25, 0.3) is 0 Å². The van der Waals surface area contributed by atoms with Crippen molar-refractivity contribution in [2.75, 3.05) is 13.1 Å². The van der Waals surface area contributed by atoms with E-state index in [9.17, 15) is 9.90 Å². The van der Waals surface area contributed by atoms with Crippen molar-refractivity contribution < 1.29 is 9.90 Å². The summed E-state index contributed by atoms with van der Waals surface area (Å²) >= 11 is 10.2. The van der Waals surface area contributed by atoms with Gasteiger partial charge in [-0.1, -0.05) is 39.9 Å². The molecule has 0 bridgehead atoms. The molecule has 0 radical (unpaired) electrons. The summed E-state index contributed by atoms with van der Waals surface area (Å²) < 4.78 is 1.60. The number of likely N-dealkylation sites (tertiary alicyclic amines) is 1. The number of thioether (sulfide) groups is 1. The normalized spacial score (nSPS) is 16.0. The molecule has 0 aromatic heterocycles. The fourth-order valence-corrected chi connectivity index (χ4v) is 4.09. The molecular weight excluding hydrogens is 370 g/mol. The van der Waals surface area contributed by atoms with Crippen molar-refractivity contribution in [2.45, 2.75) is 31.9 Å². The van der Waals surface area contributed by atoms with E-state index >= 15 is 0 Å². The summed E-state index contributed by atoms with van der Waals surface area (Å²) in [6, 6.07) is 3.29. The van der Waals surface area contributed by atoms with Gasteiger partial charge in [0, 0.05) is 17.6 Å². The Balaban J connectivity index is 2.08. The first-order valence-electron chi connectivity index (χ1n) is 6.89. The summed E-state index contributed by atoms with van der Waals surface area (Å²) in [6.07, 6.45) is 2.32. The SMILES string of the molecule is Cc1cc(O)c(C(=O)[C@H](C)SC(=S)N2CCCC2)cc1Br. The molecule has 1 aliphatic heterocycles.